The summed E-state index contributed by atoms with van der Waals surface area (Å²) in [5, 5.41) is 9.46. The smallest absolute Gasteiger partial charge is 0.129 e. The van der Waals surface area contributed by atoms with Gasteiger partial charge in [0, 0.05) is 12.0 Å². The van der Waals surface area contributed by atoms with E-state index in [1.165, 1.54) is 26.0 Å². The van der Waals surface area contributed by atoms with Gasteiger partial charge in [-0.1, -0.05) is 0 Å². The Morgan fingerprint density at radius 3 is 2.00 bits per heavy atom. The minimum atomic E-state index is -1.10. The Morgan fingerprint density at radius 1 is 1.21 bits per heavy atom. The first-order valence-corrected chi connectivity index (χ1v) is 4.46. The van der Waals surface area contributed by atoms with Crippen molar-refractivity contribution in [2.24, 2.45) is 0 Å². The third kappa shape index (κ3) is 2.77. The zero-order valence-electron chi connectivity index (χ0n) is 8.56. The van der Waals surface area contributed by atoms with Crippen molar-refractivity contribution in [3.63, 3.8) is 0 Å². The van der Waals surface area contributed by atoms with Gasteiger partial charge in [-0.3, -0.25) is 0 Å². The van der Waals surface area contributed by atoms with Crippen LogP contribution < -0.4 is 0 Å². The molecule has 1 nitrogen and oxygen atoms in total. The molecule has 0 atom stereocenters. The Bertz CT molecular complexity index is 317. The molecule has 1 aromatic rings. The average Bonchev–Trinajstić information content (AvgIpc) is 1.95. The van der Waals surface area contributed by atoms with Crippen LogP contribution in [0, 0.1) is 18.6 Å². The topological polar surface area (TPSA) is 20.2 Å². The van der Waals surface area contributed by atoms with Crippen molar-refractivity contribution in [3.05, 3.63) is 34.9 Å². The van der Waals surface area contributed by atoms with Gasteiger partial charge in [-0.15, -0.1) is 0 Å². The van der Waals surface area contributed by atoms with Crippen LogP contribution in [0.5, 0.6) is 0 Å². The summed E-state index contributed by atoms with van der Waals surface area (Å²) in [5.74, 6) is -1.19. The summed E-state index contributed by atoms with van der Waals surface area (Å²) in [7, 11) is 0. The van der Waals surface area contributed by atoms with Gasteiger partial charge < -0.3 is 5.11 Å². The first-order valence-electron chi connectivity index (χ1n) is 4.46. The van der Waals surface area contributed by atoms with Gasteiger partial charge in [0.05, 0.1) is 5.60 Å². The number of rotatable bonds is 2. The van der Waals surface area contributed by atoms with Crippen LogP contribution in [0.25, 0.3) is 0 Å². The molecular weight excluding hydrogens is 186 g/mol. The standard InChI is InChI=1S/C11H14F2O/c1-7-4-9(12)8(10(13)5-7)6-11(2,3)14/h4-5,14H,6H2,1-3H3. The van der Waals surface area contributed by atoms with Crippen molar-refractivity contribution in [3.8, 4) is 0 Å². The molecule has 0 bridgehead atoms. The molecule has 0 fully saturated rings. The zero-order valence-corrected chi connectivity index (χ0v) is 8.56. The van der Waals surface area contributed by atoms with Crippen LogP contribution in [0.1, 0.15) is 25.0 Å². The molecule has 0 aliphatic heterocycles. The molecule has 0 heterocycles. The average molecular weight is 200 g/mol. The molecule has 0 saturated carbocycles. The highest BCUT2D eigenvalue weighted by molar-refractivity contribution is 5.26. The highest BCUT2D eigenvalue weighted by atomic mass is 19.1. The van der Waals surface area contributed by atoms with E-state index in [0.717, 1.165) is 0 Å². The summed E-state index contributed by atoms with van der Waals surface area (Å²) in [6, 6.07) is 2.54. The molecular formula is C11H14F2O. The number of hydrogen-bond donors (Lipinski definition) is 1. The lowest BCUT2D eigenvalue weighted by Crippen LogP contribution is -2.23. The lowest BCUT2D eigenvalue weighted by molar-refractivity contribution is 0.0789. The van der Waals surface area contributed by atoms with Crippen molar-refractivity contribution in [1.82, 2.24) is 0 Å². The fraction of sp³-hybridized carbons (Fsp3) is 0.455. The second-order valence-electron chi connectivity index (χ2n) is 4.20. The number of halogens is 2. The van der Waals surface area contributed by atoms with Crippen LogP contribution in [0.4, 0.5) is 8.78 Å². The molecule has 14 heavy (non-hydrogen) atoms. The van der Waals surface area contributed by atoms with Crippen LogP contribution in [0.3, 0.4) is 0 Å². The molecule has 1 N–H and O–H groups in total. The molecule has 0 amide bonds. The van der Waals surface area contributed by atoms with E-state index in [9.17, 15) is 13.9 Å². The molecule has 1 rings (SSSR count). The van der Waals surface area contributed by atoms with Gasteiger partial charge in [0.15, 0.2) is 0 Å². The van der Waals surface area contributed by atoms with Crippen molar-refractivity contribution < 1.29 is 13.9 Å². The maximum Gasteiger partial charge on any atom is 0.129 e. The minimum absolute atomic E-state index is 0.0229. The first-order chi connectivity index (χ1) is 6.29. The molecule has 0 saturated heterocycles. The second kappa shape index (κ2) is 3.65. The van der Waals surface area contributed by atoms with Gasteiger partial charge in [0.2, 0.25) is 0 Å². The highest BCUT2D eigenvalue weighted by Crippen LogP contribution is 2.20. The summed E-state index contributed by atoms with van der Waals surface area (Å²) >= 11 is 0. The maximum atomic E-state index is 13.3. The first kappa shape index (κ1) is 11.1. The lowest BCUT2D eigenvalue weighted by Gasteiger charge is -2.18. The predicted molar refractivity (Wildman–Crippen MR) is 51.1 cm³/mol. The quantitative estimate of drug-likeness (QED) is 0.778. The Labute approximate surface area is 82.4 Å². The minimum Gasteiger partial charge on any atom is -0.390 e. The molecule has 0 aliphatic carbocycles. The molecule has 0 unspecified atom stereocenters. The molecule has 3 heteroatoms. The third-order valence-corrected chi connectivity index (χ3v) is 1.89. The molecule has 0 radical (unpaired) electrons. The normalized spacial score (nSPS) is 11.9. The molecule has 1 aromatic carbocycles. The van der Waals surface area contributed by atoms with Crippen LogP contribution in [-0.4, -0.2) is 10.7 Å². The number of hydrogen-bond acceptors (Lipinski definition) is 1. The van der Waals surface area contributed by atoms with E-state index in [2.05, 4.69) is 0 Å². The van der Waals surface area contributed by atoms with E-state index >= 15 is 0 Å². The Morgan fingerprint density at radius 2 is 1.64 bits per heavy atom. The second-order valence-corrected chi connectivity index (χ2v) is 4.20. The van der Waals surface area contributed by atoms with E-state index < -0.39 is 17.2 Å². The van der Waals surface area contributed by atoms with Gasteiger partial charge in [0.25, 0.3) is 0 Å². The molecule has 0 spiro atoms. The zero-order chi connectivity index (χ0) is 10.9. The van der Waals surface area contributed by atoms with Gasteiger partial charge >= 0.3 is 0 Å². The summed E-state index contributed by atoms with van der Waals surface area (Å²) in [6.45, 7) is 4.66. The van der Waals surface area contributed by atoms with Crippen LogP contribution in [-0.2, 0) is 6.42 Å². The monoisotopic (exact) mass is 200 g/mol. The van der Waals surface area contributed by atoms with Crippen LogP contribution in [0.2, 0.25) is 0 Å². The molecule has 0 aromatic heterocycles. The largest absolute Gasteiger partial charge is 0.390 e. The van der Waals surface area contributed by atoms with Gasteiger partial charge in [-0.25, -0.2) is 8.78 Å². The van der Waals surface area contributed by atoms with E-state index in [4.69, 9.17) is 0 Å². The summed E-state index contributed by atoms with van der Waals surface area (Å²) in [6.07, 6.45) is -0.0229. The molecule has 0 aliphatic rings. The van der Waals surface area contributed by atoms with E-state index in [0.29, 0.717) is 5.56 Å². The van der Waals surface area contributed by atoms with E-state index in [1.54, 1.807) is 6.92 Å². The van der Waals surface area contributed by atoms with Crippen molar-refractivity contribution >= 4 is 0 Å². The fourth-order valence-electron chi connectivity index (χ4n) is 1.33. The fourth-order valence-corrected chi connectivity index (χ4v) is 1.33. The Hall–Kier alpha value is -0.960. The maximum absolute atomic E-state index is 13.3. The highest BCUT2D eigenvalue weighted by Gasteiger charge is 2.19. The number of benzene rings is 1. The SMILES string of the molecule is Cc1cc(F)c(CC(C)(C)O)c(F)c1. The van der Waals surface area contributed by atoms with Crippen molar-refractivity contribution in [2.45, 2.75) is 32.8 Å². The lowest BCUT2D eigenvalue weighted by atomic mass is 9.97. The van der Waals surface area contributed by atoms with Crippen molar-refractivity contribution in [1.29, 1.82) is 0 Å². The summed E-state index contributed by atoms with van der Waals surface area (Å²) in [5.41, 5.74) is -0.612. The van der Waals surface area contributed by atoms with E-state index in [-0.39, 0.29) is 12.0 Å². The van der Waals surface area contributed by atoms with Gasteiger partial charge in [0.1, 0.15) is 11.6 Å². The van der Waals surface area contributed by atoms with Gasteiger partial charge in [-0.05, 0) is 38.5 Å². The van der Waals surface area contributed by atoms with Crippen LogP contribution in [0.15, 0.2) is 12.1 Å². The van der Waals surface area contributed by atoms with E-state index in [1.807, 2.05) is 0 Å². The van der Waals surface area contributed by atoms with Crippen molar-refractivity contribution in [2.75, 3.05) is 0 Å². The summed E-state index contributed by atoms with van der Waals surface area (Å²) < 4.78 is 26.6. The van der Waals surface area contributed by atoms with Gasteiger partial charge in [-0.2, -0.15) is 0 Å². The Kier molecular flexibility index (Phi) is 2.90. The number of aliphatic hydroxyl groups is 1. The van der Waals surface area contributed by atoms with Crippen LogP contribution >= 0.6 is 0 Å². The predicted octanol–water partition coefficient (Wildman–Crippen LogP) is 2.59. The third-order valence-electron chi connectivity index (χ3n) is 1.89. The molecule has 78 valence electrons. The summed E-state index contributed by atoms with van der Waals surface area (Å²) in [4.78, 5) is 0. The Balaban J connectivity index is 3.09. The number of aryl methyl sites for hydroxylation is 1.